The molecule has 0 spiro atoms. The number of piperazine rings is 1. The molecule has 1 saturated heterocycles. The molecule has 9 heteroatoms. The van der Waals surface area contributed by atoms with Gasteiger partial charge < -0.3 is 9.64 Å². The minimum absolute atomic E-state index is 0.111. The Morgan fingerprint density at radius 3 is 2.54 bits per heavy atom. The zero-order valence-corrected chi connectivity index (χ0v) is 15.9. The van der Waals surface area contributed by atoms with Crippen molar-refractivity contribution in [1.29, 1.82) is 0 Å². The average molecular weight is 414 g/mol. The van der Waals surface area contributed by atoms with Crippen LogP contribution in [0.25, 0.3) is 0 Å². The molecule has 0 bridgehead atoms. The summed E-state index contributed by atoms with van der Waals surface area (Å²) in [6.45, 7) is 3.55. The van der Waals surface area contributed by atoms with Crippen molar-refractivity contribution in [2.75, 3.05) is 26.2 Å². The third kappa shape index (κ3) is 5.14. The Hall–Kier alpha value is -2.32. The fraction of sp³-hybridized carbons (Fsp3) is 0.368. The zero-order valence-electron chi connectivity index (χ0n) is 15.2. The minimum Gasteiger partial charge on any atom is -0.409 e. The maximum Gasteiger partial charge on any atom is 0.416 e. The standard InChI is InChI=1S/C19H19ClF3N3O2/c1-13-8-16(11-24-10-13)28-18(27)26-6-4-25(5-7-26)12-14-9-15(20)2-3-17(14)19(21,22)23/h2-3,8-11H,4-7,12H2,1H3. The molecule has 150 valence electrons. The van der Waals surface area contributed by atoms with E-state index in [1.54, 1.807) is 12.3 Å². The molecule has 1 aromatic heterocycles. The fourth-order valence-corrected chi connectivity index (χ4v) is 3.24. The molecule has 1 amide bonds. The van der Waals surface area contributed by atoms with Gasteiger partial charge in [-0.2, -0.15) is 13.2 Å². The molecule has 1 fully saturated rings. The predicted molar refractivity (Wildman–Crippen MR) is 98.3 cm³/mol. The number of halogens is 4. The number of aryl methyl sites for hydroxylation is 1. The fourth-order valence-electron chi connectivity index (χ4n) is 3.05. The number of carbonyl (C=O) groups excluding carboxylic acids is 1. The van der Waals surface area contributed by atoms with E-state index >= 15 is 0 Å². The van der Waals surface area contributed by atoms with Crippen molar-refractivity contribution in [1.82, 2.24) is 14.8 Å². The van der Waals surface area contributed by atoms with Crippen LogP contribution in [0.15, 0.2) is 36.7 Å². The first-order valence-electron chi connectivity index (χ1n) is 8.69. The smallest absolute Gasteiger partial charge is 0.409 e. The summed E-state index contributed by atoms with van der Waals surface area (Å²) in [6.07, 6.45) is -1.82. The number of amides is 1. The Balaban J connectivity index is 1.59. The van der Waals surface area contributed by atoms with E-state index in [0.29, 0.717) is 31.9 Å². The van der Waals surface area contributed by atoms with Gasteiger partial charge in [-0.25, -0.2) is 4.79 Å². The van der Waals surface area contributed by atoms with Gasteiger partial charge in [0.15, 0.2) is 5.75 Å². The lowest BCUT2D eigenvalue weighted by Gasteiger charge is -2.34. The highest BCUT2D eigenvalue weighted by molar-refractivity contribution is 6.30. The molecule has 1 aromatic carbocycles. The highest BCUT2D eigenvalue weighted by Crippen LogP contribution is 2.34. The molecule has 28 heavy (non-hydrogen) atoms. The summed E-state index contributed by atoms with van der Waals surface area (Å²) in [5, 5.41) is 0.261. The van der Waals surface area contributed by atoms with Gasteiger partial charge in [0, 0.05) is 43.9 Å². The summed E-state index contributed by atoms with van der Waals surface area (Å²) < 4.78 is 44.9. The number of ether oxygens (including phenoxy) is 1. The van der Waals surface area contributed by atoms with Gasteiger partial charge in [0.1, 0.15) is 0 Å². The van der Waals surface area contributed by atoms with Crippen molar-refractivity contribution in [3.05, 3.63) is 58.4 Å². The highest BCUT2D eigenvalue weighted by atomic mass is 35.5. The maximum atomic E-state index is 13.2. The van der Waals surface area contributed by atoms with E-state index < -0.39 is 17.8 Å². The van der Waals surface area contributed by atoms with Gasteiger partial charge >= 0.3 is 12.3 Å². The zero-order chi connectivity index (χ0) is 20.3. The molecule has 0 aliphatic carbocycles. The van der Waals surface area contributed by atoms with Gasteiger partial charge in [-0.3, -0.25) is 9.88 Å². The minimum atomic E-state index is -4.44. The molecule has 0 N–H and O–H groups in total. The lowest BCUT2D eigenvalue weighted by atomic mass is 10.1. The SMILES string of the molecule is Cc1cncc(OC(=O)N2CCN(Cc3cc(Cl)ccc3C(F)(F)F)CC2)c1. The van der Waals surface area contributed by atoms with E-state index in [1.807, 2.05) is 11.8 Å². The molecule has 0 saturated carbocycles. The largest absolute Gasteiger partial charge is 0.416 e. The molecule has 0 atom stereocenters. The molecule has 1 aliphatic rings. The van der Waals surface area contributed by atoms with E-state index in [0.717, 1.165) is 11.6 Å². The second kappa shape index (κ2) is 8.36. The van der Waals surface area contributed by atoms with Crippen molar-refractivity contribution in [3.63, 3.8) is 0 Å². The van der Waals surface area contributed by atoms with Gasteiger partial charge in [0.2, 0.25) is 0 Å². The number of hydrogen-bond acceptors (Lipinski definition) is 4. The van der Waals surface area contributed by atoms with Gasteiger partial charge in [0.05, 0.1) is 11.8 Å². The van der Waals surface area contributed by atoms with E-state index in [9.17, 15) is 18.0 Å². The first-order chi connectivity index (χ1) is 13.2. The number of aromatic nitrogens is 1. The number of rotatable bonds is 3. The second-order valence-corrected chi connectivity index (χ2v) is 7.06. The topological polar surface area (TPSA) is 45.7 Å². The number of pyridine rings is 1. The van der Waals surface area contributed by atoms with Crippen molar-refractivity contribution in [2.45, 2.75) is 19.6 Å². The second-order valence-electron chi connectivity index (χ2n) is 6.63. The summed E-state index contributed by atoms with van der Waals surface area (Å²) >= 11 is 5.88. The third-order valence-electron chi connectivity index (χ3n) is 4.45. The summed E-state index contributed by atoms with van der Waals surface area (Å²) in [5.74, 6) is 0.362. The third-order valence-corrected chi connectivity index (χ3v) is 4.69. The molecular formula is C19H19ClF3N3O2. The number of carbonyl (C=O) groups is 1. The van der Waals surface area contributed by atoms with Crippen LogP contribution in [0.4, 0.5) is 18.0 Å². The van der Waals surface area contributed by atoms with Crippen LogP contribution >= 0.6 is 11.6 Å². The van der Waals surface area contributed by atoms with Gasteiger partial charge in [-0.05, 0) is 42.3 Å². The van der Waals surface area contributed by atoms with Crippen LogP contribution in [0.3, 0.4) is 0 Å². The Morgan fingerprint density at radius 1 is 1.18 bits per heavy atom. The summed E-state index contributed by atoms with van der Waals surface area (Å²) in [6, 6.07) is 5.29. The van der Waals surface area contributed by atoms with Gasteiger partial charge in [-0.1, -0.05) is 11.6 Å². The summed E-state index contributed by atoms with van der Waals surface area (Å²) in [4.78, 5) is 19.6. The number of nitrogens with zero attached hydrogens (tertiary/aromatic N) is 3. The average Bonchev–Trinajstić information content (AvgIpc) is 2.61. The van der Waals surface area contributed by atoms with Crippen LogP contribution in [0.5, 0.6) is 5.75 Å². The van der Waals surface area contributed by atoms with Crippen molar-refractivity contribution in [3.8, 4) is 5.75 Å². The predicted octanol–water partition coefficient (Wildman–Crippen LogP) is 4.38. The summed E-state index contributed by atoms with van der Waals surface area (Å²) in [5.41, 5.74) is 0.310. The normalized spacial score (nSPS) is 15.5. The van der Waals surface area contributed by atoms with E-state index in [-0.39, 0.29) is 17.1 Å². The Morgan fingerprint density at radius 2 is 1.89 bits per heavy atom. The van der Waals surface area contributed by atoms with Crippen LogP contribution in [0.1, 0.15) is 16.7 Å². The van der Waals surface area contributed by atoms with E-state index in [2.05, 4.69) is 4.98 Å². The van der Waals surface area contributed by atoms with Crippen LogP contribution in [0.2, 0.25) is 5.02 Å². The van der Waals surface area contributed by atoms with Gasteiger partial charge in [0.25, 0.3) is 0 Å². The maximum absolute atomic E-state index is 13.2. The molecule has 0 unspecified atom stereocenters. The lowest BCUT2D eigenvalue weighted by Crippen LogP contribution is -2.49. The van der Waals surface area contributed by atoms with Crippen molar-refractivity contribution >= 4 is 17.7 Å². The molecule has 3 rings (SSSR count). The van der Waals surface area contributed by atoms with Crippen LogP contribution < -0.4 is 4.74 Å². The van der Waals surface area contributed by atoms with Crippen LogP contribution in [-0.2, 0) is 12.7 Å². The quantitative estimate of drug-likeness (QED) is 0.749. The first-order valence-corrected chi connectivity index (χ1v) is 9.06. The lowest BCUT2D eigenvalue weighted by molar-refractivity contribution is -0.138. The Bertz CT molecular complexity index is 853. The molecular weight excluding hydrogens is 395 g/mol. The van der Waals surface area contributed by atoms with Crippen LogP contribution in [-0.4, -0.2) is 47.1 Å². The molecule has 0 radical (unpaired) electrons. The van der Waals surface area contributed by atoms with E-state index in [4.69, 9.17) is 16.3 Å². The summed E-state index contributed by atoms with van der Waals surface area (Å²) in [7, 11) is 0. The Labute approximate surface area is 165 Å². The monoisotopic (exact) mass is 413 g/mol. The van der Waals surface area contributed by atoms with Crippen LogP contribution in [0, 0.1) is 6.92 Å². The highest BCUT2D eigenvalue weighted by Gasteiger charge is 2.34. The first kappa shape index (κ1) is 20.4. The molecule has 2 heterocycles. The van der Waals surface area contributed by atoms with Crippen molar-refractivity contribution in [2.24, 2.45) is 0 Å². The van der Waals surface area contributed by atoms with Crippen molar-refractivity contribution < 1.29 is 22.7 Å². The Kier molecular flexibility index (Phi) is 6.10. The number of benzene rings is 1. The number of alkyl halides is 3. The molecule has 5 nitrogen and oxygen atoms in total. The van der Waals surface area contributed by atoms with Gasteiger partial charge in [-0.15, -0.1) is 0 Å². The molecule has 2 aromatic rings. The number of hydrogen-bond donors (Lipinski definition) is 0. The van der Waals surface area contributed by atoms with E-state index in [1.165, 1.54) is 23.2 Å². The molecule has 1 aliphatic heterocycles.